The third-order valence-corrected chi connectivity index (χ3v) is 8.22. The zero-order valence-electron chi connectivity index (χ0n) is 17.6. The fourth-order valence-electron chi connectivity index (χ4n) is 4.38. The summed E-state index contributed by atoms with van der Waals surface area (Å²) in [5.41, 5.74) is 0.235. The molecule has 2 aromatic carbocycles. The highest BCUT2D eigenvalue weighted by atomic mass is 32.2. The Hall–Kier alpha value is -2.45. The molecule has 2 fully saturated rings. The Labute approximate surface area is 182 Å². The molecule has 6 nitrogen and oxygen atoms in total. The van der Waals surface area contributed by atoms with E-state index in [2.05, 4.69) is 0 Å². The van der Waals surface area contributed by atoms with E-state index in [9.17, 15) is 17.6 Å². The molecule has 1 aliphatic carbocycles. The maximum absolute atomic E-state index is 13.4. The van der Waals surface area contributed by atoms with Crippen LogP contribution in [0.4, 0.5) is 4.39 Å². The van der Waals surface area contributed by atoms with Crippen molar-refractivity contribution in [1.82, 2.24) is 9.21 Å². The standard InChI is InChI=1S/C23H27FN2O4S/c1-2-30-20-8-10-21(11-9-20)31(28,29)26-16-14-25(15-17-26)22(27)23(12-3-13-23)18-4-6-19(24)7-5-18/h4-11H,2-3,12-17H2,1H3. The molecule has 0 radical (unpaired) electrons. The predicted molar refractivity (Wildman–Crippen MR) is 115 cm³/mol. The highest BCUT2D eigenvalue weighted by Gasteiger charge is 2.48. The van der Waals surface area contributed by atoms with E-state index in [0.717, 1.165) is 24.8 Å². The number of amides is 1. The highest BCUT2D eigenvalue weighted by Crippen LogP contribution is 2.45. The van der Waals surface area contributed by atoms with Crippen molar-refractivity contribution in [2.45, 2.75) is 36.5 Å². The first-order valence-corrected chi connectivity index (χ1v) is 12.1. The van der Waals surface area contributed by atoms with Gasteiger partial charge in [0.1, 0.15) is 11.6 Å². The fraction of sp³-hybridized carbons (Fsp3) is 0.435. The summed E-state index contributed by atoms with van der Waals surface area (Å²) >= 11 is 0. The number of carbonyl (C=O) groups is 1. The third kappa shape index (κ3) is 4.06. The Kier molecular flexibility index (Phi) is 6.03. The van der Waals surface area contributed by atoms with Crippen molar-refractivity contribution in [3.63, 3.8) is 0 Å². The fourth-order valence-corrected chi connectivity index (χ4v) is 5.81. The second-order valence-electron chi connectivity index (χ2n) is 8.04. The van der Waals surface area contributed by atoms with Crippen molar-refractivity contribution in [3.05, 3.63) is 59.9 Å². The first-order chi connectivity index (χ1) is 14.9. The van der Waals surface area contributed by atoms with Crippen LogP contribution in [0.15, 0.2) is 53.4 Å². The number of carbonyl (C=O) groups excluding carboxylic acids is 1. The molecule has 1 saturated heterocycles. The molecule has 0 N–H and O–H groups in total. The molecule has 0 aromatic heterocycles. The van der Waals surface area contributed by atoms with Crippen molar-refractivity contribution < 1.29 is 22.3 Å². The molecule has 166 valence electrons. The van der Waals surface area contributed by atoms with Crippen LogP contribution in [-0.2, 0) is 20.2 Å². The number of hydrogen-bond acceptors (Lipinski definition) is 4. The summed E-state index contributed by atoms with van der Waals surface area (Å²) in [5, 5.41) is 0. The van der Waals surface area contributed by atoms with Crippen LogP contribution in [-0.4, -0.2) is 56.3 Å². The zero-order chi connectivity index (χ0) is 22.1. The first-order valence-electron chi connectivity index (χ1n) is 10.7. The molecular formula is C23H27FN2O4S. The van der Waals surface area contributed by atoms with Gasteiger partial charge in [0.05, 0.1) is 16.9 Å². The predicted octanol–water partition coefficient (Wildman–Crippen LogP) is 3.18. The Morgan fingerprint density at radius 1 is 1.00 bits per heavy atom. The van der Waals surface area contributed by atoms with Crippen molar-refractivity contribution in [2.75, 3.05) is 32.8 Å². The van der Waals surface area contributed by atoms with Crippen LogP contribution >= 0.6 is 0 Å². The van der Waals surface area contributed by atoms with Crippen LogP contribution < -0.4 is 4.74 Å². The van der Waals surface area contributed by atoms with Crippen molar-refractivity contribution in [1.29, 1.82) is 0 Å². The molecule has 0 atom stereocenters. The van der Waals surface area contributed by atoms with Gasteiger partial charge < -0.3 is 9.64 Å². The molecule has 0 spiro atoms. The van der Waals surface area contributed by atoms with E-state index in [1.165, 1.54) is 16.4 Å². The van der Waals surface area contributed by atoms with Crippen LogP contribution in [0, 0.1) is 5.82 Å². The average molecular weight is 447 g/mol. The number of piperazine rings is 1. The minimum Gasteiger partial charge on any atom is -0.494 e. The number of sulfonamides is 1. The van der Waals surface area contributed by atoms with Gasteiger partial charge >= 0.3 is 0 Å². The molecule has 31 heavy (non-hydrogen) atoms. The van der Waals surface area contributed by atoms with Crippen LogP contribution in [0.2, 0.25) is 0 Å². The van der Waals surface area contributed by atoms with Crippen molar-refractivity contribution in [2.24, 2.45) is 0 Å². The summed E-state index contributed by atoms with van der Waals surface area (Å²) in [5.74, 6) is 0.325. The number of hydrogen-bond donors (Lipinski definition) is 0. The summed E-state index contributed by atoms with van der Waals surface area (Å²) in [6.45, 7) is 3.58. The lowest BCUT2D eigenvalue weighted by molar-refractivity contribution is -0.142. The third-order valence-electron chi connectivity index (χ3n) is 6.31. The molecule has 8 heteroatoms. The summed E-state index contributed by atoms with van der Waals surface area (Å²) in [4.78, 5) is 15.3. The lowest BCUT2D eigenvalue weighted by atomic mass is 9.63. The lowest BCUT2D eigenvalue weighted by Crippen LogP contribution is -2.57. The second kappa shape index (κ2) is 8.59. The van der Waals surface area contributed by atoms with Gasteiger partial charge in [0.25, 0.3) is 0 Å². The van der Waals surface area contributed by atoms with Gasteiger partial charge in [-0.15, -0.1) is 0 Å². The smallest absolute Gasteiger partial charge is 0.243 e. The first kappa shape index (κ1) is 21.8. The molecular weight excluding hydrogens is 419 g/mol. The number of benzene rings is 2. The van der Waals surface area contributed by atoms with Crippen LogP contribution in [0.3, 0.4) is 0 Å². The Balaban J connectivity index is 1.44. The summed E-state index contributed by atoms with van der Waals surface area (Å²) in [6, 6.07) is 12.6. The monoisotopic (exact) mass is 446 g/mol. The summed E-state index contributed by atoms with van der Waals surface area (Å²) < 4.78 is 46.1. The largest absolute Gasteiger partial charge is 0.494 e. The number of rotatable bonds is 6. The molecule has 0 unspecified atom stereocenters. The Morgan fingerprint density at radius 2 is 1.61 bits per heavy atom. The van der Waals surface area contributed by atoms with E-state index in [4.69, 9.17) is 4.74 Å². The van der Waals surface area contributed by atoms with Crippen LogP contribution in [0.1, 0.15) is 31.7 Å². The van der Waals surface area contributed by atoms with E-state index < -0.39 is 15.4 Å². The molecule has 1 amide bonds. The molecule has 4 rings (SSSR count). The highest BCUT2D eigenvalue weighted by molar-refractivity contribution is 7.89. The second-order valence-corrected chi connectivity index (χ2v) is 9.98. The van der Waals surface area contributed by atoms with Gasteiger partial charge in [-0.3, -0.25) is 4.79 Å². The minimum atomic E-state index is -3.63. The normalized spacial score (nSPS) is 19.0. The molecule has 1 saturated carbocycles. The summed E-state index contributed by atoms with van der Waals surface area (Å²) in [6.07, 6.45) is 2.43. The van der Waals surface area contributed by atoms with E-state index in [1.807, 2.05) is 6.92 Å². The van der Waals surface area contributed by atoms with Gasteiger partial charge in [-0.25, -0.2) is 12.8 Å². The number of nitrogens with zero attached hydrogens (tertiary/aromatic N) is 2. The molecule has 1 heterocycles. The topological polar surface area (TPSA) is 66.9 Å². The van der Waals surface area contributed by atoms with Gasteiger partial charge in [-0.1, -0.05) is 18.6 Å². The van der Waals surface area contributed by atoms with E-state index >= 15 is 0 Å². The van der Waals surface area contributed by atoms with Crippen molar-refractivity contribution in [3.8, 4) is 5.75 Å². The van der Waals surface area contributed by atoms with Gasteiger partial charge in [0.2, 0.25) is 15.9 Å². The molecule has 1 aliphatic heterocycles. The summed E-state index contributed by atoms with van der Waals surface area (Å²) in [7, 11) is -3.63. The number of halogens is 1. The Morgan fingerprint density at radius 3 is 2.13 bits per heavy atom. The maximum Gasteiger partial charge on any atom is 0.243 e. The van der Waals surface area contributed by atoms with Crippen LogP contribution in [0.5, 0.6) is 5.75 Å². The zero-order valence-corrected chi connectivity index (χ0v) is 18.4. The maximum atomic E-state index is 13.4. The van der Waals surface area contributed by atoms with Crippen molar-refractivity contribution >= 4 is 15.9 Å². The molecule has 2 aliphatic rings. The van der Waals surface area contributed by atoms with E-state index in [0.29, 0.717) is 25.4 Å². The number of ether oxygens (including phenoxy) is 1. The molecule has 0 bridgehead atoms. The average Bonchev–Trinajstić information content (AvgIpc) is 2.75. The van der Waals surface area contributed by atoms with E-state index in [1.54, 1.807) is 41.3 Å². The van der Waals surface area contributed by atoms with Gasteiger partial charge in [-0.05, 0) is 61.7 Å². The van der Waals surface area contributed by atoms with Gasteiger partial charge in [0, 0.05) is 26.2 Å². The minimum absolute atomic E-state index is 0.0171. The van der Waals surface area contributed by atoms with Gasteiger partial charge in [0.15, 0.2) is 0 Å². The Bertz CT molecular complexity index is 1030. The van der Waals surface area contributed by atoms with Crippen LogP contribution in [0.25, 0.3) is 0 Å². The van der Waals surface area contributed by atoms with Gasteiger partial charge in [-0.2, -0.15) is 4.31 Å². The SMILES string of the molecule is CCOc1ccc(S(=O)(=O)N2CCN(C(=O)C3(c4ccc(F)cc4)CCC3)CC2)cc1. The quantitative estimate of drug-likeness (QED) is 0.684. The molecule has 2 aromatic rings. The van der Waals surface area contributed by atoms with E-state index in [-0.39, 0.29) is 29.7 Å². The lowest BCUT2D eigenvalue weighted by Gasteiger charge is -2.45.